The molecule has 0 bridgehead atoms. The number of fused-ring (bicyclic) bond motifs is 7. The number of hydrogen-bond acceptors (Lipinski definition) is 2. The molecular weight excluding hydrogens is 701 g/mol. The molecule has 0 spiro atoms. The third-order valence-corrected chi connectivity index (χ3v) is 14.1. The van der Waals surface area contributed by atoms with Gasteiger partial charge < -0.3 is 14.4 Å². The van der Waals surface area contributed by atoms with Gasteiger partial charge in [0.15, 0.2) is 0 Å². The van der Waals surface area contributed by atoms with E-state index in [-0.39, 0.29) is 6.71 Å². The van der Waals surface area contributed by atoms with E-state index in [0.29, 0.717) is 0 Å². The van der Waals surface area contributed by atoms with E-state index >= 15 is 0 Å². The summed E-state index contributed by atoms with van der Waals surface area (Å²) >= 11 is 0. The van der Waals surface area contributed by atoms with Crippen molar-refractivity contribution in [2.75, 3.05) is 9.80 Å². The molecule has 58 heavy (non-hydrogen) atoms. The first kappa shape index (κ1) is 33.4. The fourth-order valence-corrected chi connectivity index (χ4v) is 11.4. The molecule has 2 atom stereocenters. The van der Waals surface area contributed by atoms with E-state index in [1.165, 1.54) is 94.4 Å². The second-order valence-electron chi connectivity index (χ2n) is 16.8. The molecule has 0 radical (unpaired) electrons. The molecule has 9 aromatic rings. The highest BCUT2D eigenvalue weighted by Crippen LogP contribution is 2.63. The second kappa shape index (κ2) is 11.9. The Labute approximate surface area is 340 Å². The molecule has 0 saturated carbocycles. The molecule has 4 heteroatoms. The predicted molar refractivity (Wildman–Crippen MR) is 245 cm³/mol. The topological polar surface area (TPSA) is 11.4 Å². The van der Waals surface area contributed by atoms with E-state index in [1.54, 1.807) is 0 Å². The summed E-state index contributed by atoms with van der Waals surface area (Å²) in [6.45, 7) is 9.51. The molecule has 0 saturated heterocycles. The lowest BCUT2D eigenvalue weighted by Crippen LogP contribution is -2.63. The van der Waals surface area contributed by atoms with Gasteiger partial charge in [0, 0.05) is 50.1 Å². The zero-order chi connectivity index (χ0) is 38.9. The Morgan fingerprint density at radius 2 is 1.09 bits per heavy atom. The minimum absolute atomic E-state index is 0.0503. The van der Waals surface area contributed by atoms with E-state index in [0.717, 1.165) is 5.69 Å². The van der Waals surface area contributed by atoms with Crippen molar-refractivity contribution in [3.8, 4) is 5.69 Å². The van der Waals surface area contributed by atoms with Crippen LogP contribution in [-0.2, 0) is 11.0 Å². The summed E-state index contributed by atoms with van der Waals surface area (Å²) in [5, 5.41) is 2.59. The second-order valence-corrected chi connectivity index (χ2v) is 16.8. The number of aromatic nitrogens is 1. The highest BCUT2D eigenvalue weighted by atomic mass is 15.3. The molecule has 1 aromatic heterocycles. The quantitative estimate of drug-likeness (QED) is 0.163. The molecule has 3 aliphatic rings. The van der Waals surface area contributed by atoms with Crippen LogP contribution in [0, 0.1) is 13.8 Å². The third-order valence-electron chi connectivity index (χ3n) is 14.1. The van der Waals surface area contributed by atoms with Crippen LogP contribution in [0.4, 0.5) is 28.4 Å². The molecule has 8 aromatic carbocycles. The van der Waals surface area contributed by atoms with E-state index in [9.17, 15) is 0 Å². The first-order valence-corrected chi connectivity index (χ1v) is 20.6. The Kier molecular flexibility index (Phi) is 6.83. The maximum Gasteiger partial charge on any atom is 0.252 e. The number of hydrogen-bond donors (Lipinski definition) is 0. The van der Waals surface area contributed by atoms with Crippen molar-refractivity contribution in [1.82, 2.24) is 4.57 Å². The van der Waals surface area contributed by atoms with Gasteiger partial charge in [-0.1, -0.05) is 152 Å². The van der Waals surface area contributed by atoms with E-state index in [4.69, 9.17) is 0 Å². The van der Waals surface area contributed by atoms with Gasteiger partial charge in [0.05, 0.1) is 16.7 Å². The van der Waals surface area contributed by atoms with Gasteiger partial charge in [-0.25, -0.2) is 0 Å². The van der Waals surface area contributed by atoms with E-state index in [1.807, 2.05) is 0 Å². The predicted octanol–water partition coefficient (Wildman–Crippen LogP) is 11.4. The Bertz CT molecular complexity index is 3100. The molecule has 3 nitrogen and oxygen atoms in total. The first-order chi connectivity index (χ1) is 28.4. The van der Waals surface area contributed by atoms with Gasteiger partial charge in [-0.3, -0.25) is 0 Å². The number of nitrogens with zero attached hydrogens (tertiary/aromatic N) is 3. The van der Waals surface area contributed by atoms with Crippen molar-refractivity contribution < 1.29 is 0 Å². The summed E-state index contributed by atoms with van der Waals surface area (Å²) in [5.41, 5.74) is 19.5. The molecule has 4 heterocycles. The summed E-state index contributed by atoms with van der Waals surface area (Å²) in [5.74, 6) is 0. The average Bonchev–Trinajstić information content (AvgIpc) is 3.72. The summed E-state index contributed by atoms with van der Waals surface area (Å²) in [4.78, 5) is 5.27. The number of anilines is 5. The SMILES string of the molecule is Cc1ccccc1N(c1cc2c3c(c1)-n1c4ccccc4c4cccc(c41)B3c1cccc3c1N2C(C)(c1ccccc1)C3(C)c1ccccc1)c1ccccc1C. The molecule has 276 valence electrons. The van der Waals surface area contributed by atoms with Crippen molar-refractivity contribution in [1.29, 1.82) is 0 Å². The zero-order valence-electron chi connectivity index (χ0n) is 33.2. The van der Waals surface area contributed by atoms with Crippen LogP contribution in [0.1, 0.15) is 41.7 Å². The molecule has 0 amide bonds. The van der Waals surface area contributed by atoms with Gasteiger partial charge >= 0.3 is 0 Å². The van der Waals surface area contributed by atoms with Crippen LogP contribution in [0.25, 0.3) is 27.5 Å². The van der Waals surface area contributed by atoms with Crippen LogP contribution in [0.3, 0.4) is 0 Å². The average molecular weight is 744 g/mol. The number of para-hydroxylation sites is 5. The van der Waals surface area contributed by atoms with Crippen LogP contribution >= 0.6 is 0 Å². The van der Waals surface area contributed by atoms with Crippen LogP contribution in [0.15, 0.2) is 182 Å². The Balaban J connectivity index is 1.28. The number of aryl methyl sites for hydroxylation is 2. The number of benzene rings is 8. The van der Waals surface area contributed by atoms with Crippen LogP contribution < -0.4 is 26.2 Å². The first-order valence-electron chi connectivity index (χ1n) is 20.6. The molecule has 2 unspecified atom stereocenters. The van der Waals surface area contributed by atoms with Gasteiger partial charge in [0.25, 0.3) is 6.71 Å². The summed E-state index contributed by atoms with van der Waals surface area (Å²) in [6, 6.07) is 68.3. The van der Waals surface area contributed by atoms with Crippen molar-refractivity contribution in [3.05, 3.63) is 210 Å². The molecule has 0 aliphatic carbocycles. The Hall–Kier alpha value is -6.78. The highest BCUT2D eigenvalue weighted by molar-refractivity contribution is 7.00. The molecule has 3 aliphatic heterocycles. The van der Waals surface area contributed by atoms with Gasteiger partial charge in [-0.2, -0.15) is 0 Å². The van der Waals surface area contributed by atoms with Crippen LogP contribution in [0.2, 0.25) is 0 Å². The minimum atomic E-state index is -0.507. The van der Waals surface area contributed by atoms with Crippen LogP contribution in [0.5, 0.6) is 0 Å². The minimum Gasteiger partial charge on any atom is -0.331 e. The molecule has 12 rings (SSSR count). The standard InChI is InChI=1S/C54H42BN3/c1-35-19-11-14-30-45(35)56(46-31-15-12-20-36(46)2)39-33-48-50-49(34-39)58-52-42(53(3,37-21-7-5-8-22-37)54(58,4)38-23-9-6-10-24-38)27-18-29-44(52)55(50)43-28-17-26-41-40-25-13-16-32-47(40)57(48)51(41)43/h5-34H,1-4H3. The normalized spacial score (nSPS) is 18.4. The van der Waals surface area contributed by atoms with Gasteiger partial charge in [0.1, 0.15) is 0 Å². The maximum absolute atomic E-state index is 2.77. The largest absolute Gasteiger partial charge is 0.331 e. The van der Waals surface area contributed by atoms with Gasteiger partial charge in [-0.05, 0) is 102 Å². The third kappa shape index (κ3) is 4.09. The summed E-state index contributed by atoms with van der Waals surface area (Å²) in [7, 11) is 0. The Morgan fingerprint density at radius 1 is 0.517 bits per heavy atom. The van der Waals surface area contributed by atoms with E-state index < -0.39 is 11.0 Å². The van der Waals surface area contributed by atoms with Crippen molar-refractivity contribution in [3.63, 3.8) is 0 Å². The van der Waals surface area contributed by atoms with E-state index in [2.05, 4.69) is 224 Å². The molecule has 0 N–H and O–H groups in total. The maximum atomic E-state index is 2.77. The zero-order valence-corrected chi connectivity index (χ0v) is 33.2. The van der Waals surface area contributed by atoms with Crippen molar-refractivity contribution >= 4 is 73.3 Å². The van der Waals surface area contributed by atoms with Gasteiger partial charge in [0.2, 0.25) is 0 Å². The van der Waals surface area contributed by atoms with Gasteiger partial charge in [-0.15, -0.1) is 0 Å². The van der Waals surface area contributed by atoms with Crippen molar-refractivity contribution in [2.24, 2.45) is 0 Å². The molecular formula is C54H42BN3. The summed E-state index contributed by atoms with van der Waals surface area (Å²) in [6.07, 6.45) is 0. The molecule has 0 fully saturated rings. The lowest BCUT2D eigenvalue weighted by atomic mass is 9.33. The lowest BCUT2D eigenvalue weighted by Gasteiger charge is -2.50. The fraction of sp³-hybridized carbons (Fsp3) is 0.111. The monoisotopic (exact) mass is 743 g/mol. The number of rotatable bonds is 5. The Morgan fingerprint density at radius 3 is 1.79 bits per heavy atom. The smallest absolute Gasteiger partial charge is 0.252 e. The van der Waals surface area contributed by atoms with Crippen molar-refractivity contribution in [2.45, 2.75) is 38.6 Å². The fourth-order valence-electron chi connectivity index (χ4n) is 11.4. The van der Waals surface area contributed by atoms with Crippen LogP contribution in [-0.4, -0.2) is 11.3 Å². The highest BCUT2D eigenvalue weighted by Gasteiger charge is 2.62. The lowest BCUT2D eigenvalue weighted by molar-refractivity contribution is 0.336. The summed E-state index contributed by atoms with van der Waals surface area (Å²) < 4.78 is 2.59.